The second kappa shape index (κ2) is 12.8. The van der Waals surface area contributed by atoms with Crippen LogP contribution in [-0.2, 0) is 26.5 Å². The molecule has 0 aromatic heterocycles. The summed E-state index contributed by atoms with van der Waals surface area (Å²) in [5.41, 5.74) is 2.23. The number of nitrogens with one attached hydrogen (secondary N) is 1. The molecule has 0 saturated carbocycles. The number of piperazine rings is 1. The molecule has 3 aliphatic rings. The molecule has 0 amide bonds. The summed E-state index contributed by atoms with van der Waals surface area (Å²) in [4.78, 5) is 4.51. The van der Waals surface area contributed by atoms with Crippen LogP contribution in [-0.4, -0.2) is 96.3 Å². The summed E-state index contributed by atoms with van der Waals surface area (Å²) in [6.07, 6.45) is 6.01. The van der Waals surface area contributed by atoms with Crippen molar-refractivity contribution in [2.24, 2.45) is 0 Å². The van der Waals surface area contributed by atoms with E-state index in [-0.39, 0.29) is 9.79 Å². The molecule has 3 fully saturated rings. The van der Waals surface area contributed by atoms with E-state index in [0.717, 1.165) is 63.6 Å². The fourth-order valence-corrected chi connectivity index (χ4v) is 9.38. The van der Waals surface area contributed by atoms with Crippen LogP contribution < -0.4 is 10.2 Å². The summed E-state index contributed by atoms with van der Waals surface area (Å²) >= 11 is 0. The fourth-order valence-electron chi connectivity index (χ4n) is 5.88. The number of anilines is 2. The minimum absolute atomic E-state index is 0.0657. The van der Waals surface area contributed by atoms with Crippen LogP contribution in [0.5, 0.6) is 0 Å². The largest absolute Gasteiger partial charge is 0.384 e. The normalized spacial score (nSPS) is 20.5. The highest BCUT2D eigenvalue weighted by Crippen LogP contribution is 2.38. The highest BCUT2D eigenvalue weighted by molar-refractivity contribution is 7.90. The molecule has 0 aliphatic carbocycles. The van der Waals surface area contributed by atoms with E-state index in [4.69, 9.17) is 0 Å². The third kappa shape index (κ3) is 6.49. The lowest BCUT2D eigenvalue weighted by molar-refractivity contribution is 0.312. The zero-order valence-electron chi connectivity index (χ0n) is 23.6. The lowest BCUT2D eigenvalue weighted by atomic mass is 10.1. The van der Waals surface area contributed by atoms with E-state index < -0.39 is 20.0 Å². The molecule has 2 aromatic rings. The first-order chi connectivity index (χ1) is 19.3. The summed E-state index contributed by atoms with van der Waals surface area (Å²) < 4.78 is 59.5. The van der Waals surface area contributed by atoms with E-state index in [1.807, 2.05) is 18.2 Å². The van der Waals surface area contributed by atoms with E-state index in [9.17, 15) is 16.8 Å². The third-order valence-electron chi connectivity index (χ3n) is 8.34. The van der Waals surface area contributed by atoms with Gasteiger partial charge in [0.15, 0.2) is 0 Å². The molecule has 0 radical (unpaired) electrons. The van der Waals surface area contributed by atoms with E-state index in [1.165, 1.54) is 10.4 Å². The first kappa shape index (κ1) is 29.3. The average Bonchev–Trinajstić information content (AvgIpc) is 2.98. The first-order valence-electron chi connectivity index (χ1n) is 14.7. The second-order valence-electron chi connectivity index (χ2n) is 11.2. The predicted molar refractivity (Wildman–Crippen MR) is 160 cm³/mol. The smallest absolute Gasteiger partial charge is 0.245 e. The number of rotatable bonds is 9. The van der Waals surface area contributed by atoms with Gasteiger partial charge in [0.25, 0.3) is 0 Å². The van der Waals surface area contributed by atoms with Crippen molar-refractivity contribution in [1.29, 1.82) is 0 Å². The Balaban J connectivity index is 1.59. The van der Waals surface area contributed by atoms with Crippen molar-refractivity contribution in [2.45, 2.75) is 54.7 Å². The molecule has 0 spiro atoms. The van der Waals surface area contributed by atoms with Crippen molar-refractivity contribution in [3.8, 4) is 0 Å². The van der Waals surface area contributed by atoms with Crippen molar-refractivity contribution in [3.05, 3.63) is 48.0 Å². The van der Waals surface area contributed by atoms with Gasteiger partial charge >= 0.3 is 0 Å². The number of likely N-dealkylation sites (N-methyl/N-ethyl adjacent to an activating group) is 1. The molecule has 3 heterocycles. The summed E-state index contributed by atoms with van der Waals surface area (Å²) in [6, 6.07) is 13.3. The number of sulfonamides is 2. The Hall–Kier alpha value is -2.18. The Bertz CT molecular complexity index is 1350. The summed E-state index contributed by atoms with van der Waals surface area (Å²) in [5, 5.41) is 3.40. The van der Waals surface area contributed by atoms with Gasteiger partial charge in [-0.2, -0.15) is 8.61 Å². The van der Waals surface area contributed by atoms with Crippen molar-refractivity contribution >= 4 is 31.4 Å². The van der Waals surface area contributed by atoms with Gasteiger partial charge in [0.1, 0.15) is 9.79 Å². The molecule has 220 valence electrons. The number of hydrogen-bond donors (Lipinski definition) is 1. The Morgan fingerprint density at radius 3 is 1.80 bits per heavy atom. The summed E-state index contributed by atoms with van der Waals surface area (Å²) in [7, 11) is -5.72. The number of benzene rings is 2. The average molecular weight is 590 g/mol. The van der Waals surface area contributed by atoms with Crippen LogP contribution in [0.1, 0.15) is 44.1 Å². The minimum Gasteiger partial charge on any atom is -0.384 e. The molecular weight excluding hydrogens is 546 g/mol. The predicted octanol–water partition coefficient (Wildman–Crippen LogP) is 3.44. The van der Waals surface area contributed by atoms with Crippen LogP contribution in [0.15, 0.2) is 52.3 Å². The highest BCUT2D eigenvalue weighted by atomic mass is 32.2. The van der Waals surface area contributed by atoms with Crippen LogP contribution in [0, 0.1) is 0 Å². The molecule has 40 heavy (non-hydrogen) atoms. The quantitative estimate of drug-likeness (QED) is 0.479. The van der Waals surface area contributed by atoms with Crippen LogP contribution in [0.3, 0.4) is 0 Å². The van der Waals surface area contributed by atoms with Gasteiger partial charge in [0, 0.05) is 58.9 Å². The molecule has 0 bridgehead atoms. The molecule has 3 aliphatic heterocycles. The number of piperidine rings is 2. The Labute approximate surface area is 240 Å². The van der Waals surface area contributed by atoms with Gasteiger partial charge in [0.2, 0.25) is 20.0 Å². The van der Waals surface area contributed by atoms with E-state index in [0.29, 0.717) is 57.2 Å². The van der Waals surface area contributed by atoms with Gasteiger partial charge in [-0.1, -0.05) is 43.2 Å². The van der Waals surface area contributed by atoms with Crippen LogP contribution in [0.2, 0.25) is 0 Å². The van der Waals surface area contributed by atoms with Gasteiger partial charge in [-0.15, -0.1) is 0 Å². The molecule has 11 heteroatoms. The van der Waals surface area contributed by atoms with Gasteiger partial charge in [-0.05, 0) is 56.8 Å². The van der Waals surface area contributed by atoms with Crippen molar-refractivity contribution < 1.29 is 16.8 Å². The van der Waals surface area contributed by atoms with Crippen LogP contribution in [0.4, 0.5) is 11.4 Å². The van der Waals surface area contributed by atoms with Gasteiger partial charge < -0.3 is 15.1 Å². The van der Waals surface area contributed by atoms with Crippen molar-refractivity contribution in [1.82, 2.24) is 13.5 Å². The van der Waals surface area contributed by atoms with Crippen LogP contribution >= 0.6 is 0 Å². The van der Waals surface area contributed by atoms with Gasteiger partial charge in [-0.3, -0.25) is 0 Å². The Kier molecular flexibility index (Phi) is 9.36. The molecular formula is C29H43N5O4S2. The van der Waals surface area contributed by atoms with Gasteiger partial charge in [0.05, 0.1) is 11.4 Å². The second-order valence-corrected chi connectivity index (χ2v) is 15.0. The molecule has 3 saturated heterocycles. The topological polar surface area (TPSA) is 93.3 Å². The van der Waals surface area contributed by atoms with E-state index in [2.05, 4.69) is 34.3 Å². The van der Waals surface area contributed by atoms with Crippen molar-refractivity contribution in [3.63, 3.8) is 0 Å². The SMILES string of the molecule is CN1CCN(c2cc(NCCc3ccccc3)c(S(=O)(=O)N3CCCCC3)cc2S(=O)(=O)N2CCCCC2)CC1. The molecule has 0 unspecified atom stereocenters. The molecule has 1 N–H and O–H groups in total. The molecule has 0 atom stereocenters. The maximum Gasteiger partial charge on any atom is 0.245 e. The Morgan fingerprint density at radius 2 is 1.23 bits per heavy atom. The Morgan fingerprint density at radius 1 is 0.675 bits per heavy atom. The molecule has 5 rings (SSSR count). The summed E-state index contributed by atoms with van der Waals surface area (Å²) in [6.45, 7) is 5.38. The first-order valence-corrected chi connectivity index (χ1v) is 17.5. The molecule has 9 nitrogen and oxygen atoms in total. The van der Waals surface area contributed by atoms with Crippen LogP contribution in [0.25, 0.3) is 0 Å². The van der Waals surface area contributed by atoms with E-state index in [1.54, 1.807) is 10.4 Å². The molecule has 2 aromatic carbocycles. The zero-order chi connectivity index (χ0) is 28.2. The zero-order valence-corrected chi connectivity index (χ0v) is 25.2. The monoisotopic (exact) mass is 589 g/mol. The summed E-state index contributed by atoms with van der Waals surface area (Å²) in [5.74, 6) is 0. The van der Waals surface area contributed by atoms with Gasteiger partial charge in [-0.25, -0.2) is 16.8 Å². The number of hydrogen-bond acceptors (Lipinski definition) is 7. The lowest BCUT2D eigenvalue weighted by Crippen LogP contribution is -2.45. The third-order valence-corrected chi connectivity index (χ3v) is 12.2. The maximum absolute atomic E-state index is 14.1. The maximum atomic E-state index is 14.1. The van der Waals surface area contributed by atoms with E-state index >= 15 is 0 Å². The lowest BCUT2D eigenvalue weighted by Gasteiger charge is -2.37. The minimum atomic E-state index is -3.90. The van der Waals surface area contributed by atoms with Crippen molar-refractivity contribution in [2.75, 3.05) is 76.2 Å². The highest BCUT2D eigenvalue weighted by Gasteiger charge is 2.36. The standard InChI is InChI=1S/C29H43N5O4S2/c1-31-19-21-32(22-20-31)27-23-26(30-14-13-25-11-5-2-6-12-25)28(39(35,36)33-15-7-3-8-16-33)24-29(27)40(37,38)34-17-9-4-10-18-34/h2,5-6,11-12,23-24,30H,3-4,7-10,13-22H2,1H3. The fraction of sp³-hybridized carbons (Fsp3) is 0.586. The number of nitrogens with zero attached hydrogens (tertiary/aromatic N) is 4.